The van der Waals surface area contributed by atoms with Crippen LogP contribution in [0.15, 0.2) is 49.0 Å². The first-order valence-corrected chi connectivity index (χ1v) is 6.15. The molecule has 0 heterocycles. The number of rotatable bonds is 3. The number of aromatic hydroxyl groups is 1. The molecule has 0 aliphatic heterocycles. The first-order valence-electron chi connectivity index (χ1n) is 6.15. The fourth-order valence-electron chi connectivity index (χ4n) is 2.29. The standard InChI is InChI=1S/C17H18O/c1-4-14-9-5-6-10-15(14)13(3)16-11-7-8-12(2)17(16)18/h4-11,13,18H,1H2,2-3H3. The summed E-state index contributed by atoms with van der Waals surface area (Å²) in [5.74, 6) is 0.544. The van der Waals surface area contributed by atoms with Crippen molar-refractivity contribution in [2.45, 2.75) is 19.8 Å². The van der Waals surface area contributed by atoms with E-state index in [-0.39, 0.29) is 5.92 Å². The summed E-state index contributed by atoms with van der Waals surface area (Å²) in [5, 5.41) is 10.2. The Morgan fingerprint density at radius 3 is 2.44 bits per heavy atom. The monoisotopic (exact) mass is 238 g/mol. The van der Waals surface area contributed by atoms with E-state index in [1.807, 2.05) is 49.4 Å². The molecule has 2 aromatic rings. The normalized spacial score (nSPS) is 12.1. The van der Waals surface area contributed by atoms with Gasteiger partial charge in [0, 0.05) is 11.5 Å². The van der Waals surface area contributed by atoms with E-state index in [0.29, 0.717) is 5.75 Å². The van der Waals surface area contributed by atoms with Crippen molar-refractivity contribution in [3.63, 3.8) is 0 Å². The van der Waals surface area contributed by atoms with E-state index in [1.165, 1.54) is 5.56 Å². The second kappa shape index (κ2) is 5.09. The van der Waals surface area contributed by atoms with Crippen LogP contribution in [0.4, 0.5) is 0 Å². The number of hydrogen-bond acceptors (Lipinski definition) is 1. The summed E-state index contributed by atoms with van der Waals surface area (Å²) in [4.78, 5) is 0. The maximum absolute atomic E-state index is 10.2. The Morgan fingerprint density at radius 2 is 1.72 bits per heavy atom. The Bertz CT molecular complexity index is 570. The van der Waals surface area contributed by atoms with Crippen molar-refractivity contribution < 1.29 is 5.11 Å². The molecule has 0 spiro atoms. The second-order valence-corrected chi connectivity index (χ2v) is 4.57. The van der Waals surface area contributed by atoms with Crippen molar-refractivity contribution in [2.24, 2.45) is 0 Å². The van der Waals surface area contributed by atoms with Crippen molar-refractivity contribution in [1.29, 1.82) is 0 Å². The average molecular weight is 238 g/mol. The molecule has 1 N–H and O–H groups in total. The minimum absolute atomic E-state index is 0.152. The largest absolute Gasteiger partial charge is 0.507 e. The molecule has 2 aromatic carbocycles. The summed E-state index contributed by atoms with van der Waals surface area (Å²) in [5.41, 5.74) is 4.18. The molecule has 0 aliphatic rings. The number of aryl methyl sites for hydroxylation is 1. The predicted molar refractivity (Wildman–Crippen MR) is 76.9 cm³/mol. The molecule has 0 saturated heterocycles. The molecule has 0 aromatic heterocycles. The van der Waals surface area contributed by atoms with Gasteiger partial charge in [0.05, 0.1) is 0 Å². The van der Waals surface area contributed by atoms with Gasteiger partial charge < -0.3 is 5.11 Å². The molecule has 92 valence electrons. The van der Waals surface area contributed by atoms with Crippen LogP contribution in [0.1, 0.15) is 35.1 Å². The van der Waals surface area contributed by atoms with Crippen molar-refractivity contribution in [2.75, 3.05) is 0 Å². The number of hydrogen-bond donors (Lipinski definition) is 1. The maximum atomic E-state index is 10.2. The zero-order valence-electron chi connectivity index (χ0n) is 10.9. The topological polar surface area (TPSA) is 20.2 Å². The molecule has 0 amide bonds. The first-order chi connectivity index (χ1) is 8.65. The van der Waals surface area contributed by atoms with Gasteiger partial charge in [0.1, 0.15) is 5.75 Å². The number of phenolic OH excluding ortho intramolecular Hbond substituents is 1. The lowest BCUT2D eigenvalue weighted by Crippen LogP contribution is -1.99. The van der Waals surface area contributed by atoms with Gasteiger partial charge in [0.2, 0.25) is 0 Å². The van der Waals surface area contributed by atoms with Crippen molar-refractivity contribution in [3.05, 3.63) is 71.3 Å². The summed E-state index contributed by atoms with van der Waals surface area (Å²) in [6.07, 6.45) is 1.86. The van der Waals surface area contributed by atoms with Gasteiger partial charge in [-0.05, 0) is 23.6 Å². The van der Waals surface area contributed by atoms with Crippen LogP contribution in [-0.2, 0) is 0 Å². The number of benzene rings is 2. The molecule has 0 aliphatic carbocycles. The minimum Gasteiger partial charge on any atom is -0.507 e. The summed E-state index contributed by atoms with van der Waals surface area (Å²) in [6, 6.07) is 14.0. The number of para-hydroxylation sites is 1. The van der Waals surface area contributed by atoms with Gasteiger partial charge in [0.25, 0.3) is 0 Å². The smallest absolute Gasteiger partial charge is 0.122 e. The predicted octanol–water partition coefficient (Wildman–Crippen LogP) is 4.50. The van der Waals surface area contributed by atoms with Gasteiger partial charge in [-0.1, -0.05) is 62.0 Å². The molecule has 18 heavy (non-hydrogen) atoms. The molecule has 1 heteroatoms. The Balaban J connectivity index is 2.51. The molecular formula is C17H18O. The fraction of sp³-hybridized carbons (Fsp3) is 0.176. The van der Waals surface area contributed by atoms with Crippen LogP contribution in [0.25, 0.3) is 6.08 Å². The third-order valence-electron chi connectivity index (χ3n) is 3.42. The van der Waals surface area contributed by atoms with Crippen LogP contribution in [-0.4, -0.2) is 5.11 Å². The highest BCUT2D eigenvalue weighted by Crippen LogP contribution is 2.34. The maximum Gasteiger partial charge on any atom is 0.122 e. The Kier molecular flexibility index (Phi) is 3.52. The molecule has 1 atom stereocenters. The van der Waals surface area contributed by atoms with E-state index < -0.39 is 0 Å². The first kappa shape index (κ1) is 12.4. The van der Waals surface area contributed by atoms with Crippen LogP contribution >= 0.6 is 0 Å². The molecule has 0 saturated carbocycles. The van der Waals surface area contributed by atoms with Crippen molar-refractivity contribution in [1.82, 2.24) is 0 Å². The zero-order chi connectivity index (χ0) is 13.1. The SMILES string of the molecule is C=Cc1ccccc1C(C)c1cccc(C)c1O. The third-order valence-corrected chi connectivity index (χ3v) is 3.42. The Morgan fingerprint density at radius 1 is 1.06 bits per heavy atom. The molecule has 0 radical (unpaired) electrons. The molecular weight excluding hydrogens is 220 g/mol. The van der Waals surface area contributed by atoms with Crippen LogP contribution < -0.4 is 0 Å². The highest BCUT2D eigenvalue weighted by Gasteiger charge is 2.15. The summed E-state index contributed by atoms with van der Waals surface area (Å²) < 4.78 is 0. The van der Waals surface area contributed by atoms with Crippen LogP contribution in [0.2, 0.25) is 0 Å². The van der Waals surface area contributed by atoms with Gasteiger partial charge in [-0.3, -0.25) is 0 Å². The van der Waals surface area contributed by atoms with Gasteiger partial charge in [-0.15, -0.1) is 0 Å². The van der Waals surface area contributed by atoms with E-state index in [4.69, 9.17) is 0 Å². The summed E-state index contributed by atoms with van der Waals surface area (Å²) in [7, 11) is 0. The Hall–Kier alpha value is -2.02. The average Bonchev–Trinajstić information content (AvgIpc) is 2.41. The van der Waals surface area contributed by atoms with Crippen molar-refractivity contribution in [3.8, 4) is 5.75 Å². The Labute approximate surface area is 108 Å². The van der Waals surface area contributed by atoms with Crippen LogP contribution in [0.5, 0.6) is 5.75 Å². The van der Waals surface area contributed by atoms with Crippen LogP contribution in [0, 0.1) is 6.92 Å². The molecule has 0 bridgehead atoms. The lowest BCUT2D eigenvalue weighted by Gasteiger charge is -2.17. The zero-order valence-corrected chi connectivity index (χ0v) is 10.9. The van der Waals surface area contributed by atoms with E-state index in [0.717, 1.165) is 16.7 Å². The van der Waals surface area contributed by atoms with E-state index in [9.17, 15) is 5.11 Å². The fourth-order valence-corrected chi connectivity index (χ4v) is 2.29. The third kappa shape index (κ3) is 2.17. The van der Waals surface area contributed by atoms with Crippen molar-refractivity contribution >= 4 is 6.08 Å². The molecule has 2 rings (SSSR count). The highest BCUT2D eigenvalue weighted by molar-refractivity contribution is 5.56. The van der Waals surface area contributed by atoms with E-state index in [1.54, 1.807) is 0 Å². The van der Waals surface area contributed by atoms with E-state index in [2.05, 4.69) is 19.6 Å². The second-order valence-electron chi connectivity index (χ2n) is 4.57. The molecule has 1 unspecified atom stereocenters. The van der Waals surface area contributed by atoms with Gasteiger partial charge in [-0.25, -0.2) is 0 Å². The molecule has 1 nitrogen and oxygen atoms in total. The molecule has 0 fully saturated rings. The minimum atomic E-state index is 0.152. The summed E-state index contributed by atoms with van der Waals surface area (Å²) >= 11 is 0. The van der Waals surface area contributed by atoms with Gasteiger partial charge >= 0.3 is 0 Å². The highest BCUT2D eigenvalue weighted by atomic mass is 16.3. The quantitative estimate of drug-likeness (QED) is 0.835. The lowest BCUT2D eigenvalue weighted by molar-refractivity contribution is 0.462. The van der Waals surface area contributed by atoms with Crippen LogP contribution in [0.3, 0.4) is 0 Å². The van der Waals surface area contributed by atoms with Gasteiger partial charge in [0.15, 0.2) is 0 Å². The summed E-state index contributed by atoms with van der Waals surface area (Å²) in [6.45, 7) is 7.87. The lowest BCUT2D eigenvalue weighted by atomic mass is 9.88. The number of phenols is 1. The van der Waals surface area contributed by atoms with Gasteiger partial charge in [-0.2, -0.15) is 0 Å². The van der Waals surface area contributed by atoms with E-state index >= 15 is 0 Å².